The van der Waals surface area contributed by atoms with Crippen molar-refractivity contribution in [1.29, 1.82) is 0 Å². The molecule has 0 aromatic rings. The lowest BCUT2D eigenvalue weighted by atomic mass is 10.2. The number of ether oxygens (including phenoxy) is 1. The first kappa shape index (κ1) is 11.3. The fraction of sp³-hybridized carbons (Fsp3) is 0.900. The molecule has 0 saturated carbocycles. The normalized spacial score (nSPS) is 21.7. The summed E-state index contributed by atoms with van der Waals surface area (Å²) in [6, 6.07) is 0.432. The van der Waals surface area contributed by atoms with Gasteiger partial charge in [0.1, 0.15) is 0 Å². The molecule has 1 unspecified atom stereocenters. The van der Waals surface area contributed by atoms with Crippen molar-refractivity contribution in [3.8, 4) is 0 Å². The van der Waals surface area contributed by atoms with Crippen molar-refractivity contribution in [2.24, 2.45) is 5.92 Å². The Morgan fingerprint density at radius 1 is 1.64 bits per heavy atom. The number of nitrogens with one attached hydrogen (secondary N) is 1. The van der Waals surface area contributed by atoms with E-state index in [2.05, 4.69) is 5.32 Å². The van der Waals surface area contributed by atoms with E-state index < -0.39 is 0 Å². The second kappa shape index (κ2) is 5.20. The van der Waals surface area contributed by atoms with Crippen molar-refractivity contribution in [3.05, 3.63) is 0 Å². The first-order valence-electron chi connectivity index (χ1n) is 5.22. The molecule has 1 heterocycles. The minimum absolute atomic E-state index is 0.170. The molecule has 14 heavy (non-hydrogen) atoms. The molecule has 1 rings (SSSR count). The summed E-state index contributed by atoms with van der Waals surface area (Å²) in [4.78, 5) is 13.3. The maximum atomic E-state index is 11.5. The highest BCUT2D eigenvalue weighted by molar-refractivity contribution is 5.68. The van der Waals surface area contributed by atoms with Crippen molar-refractivity contribution >= 4 is 6.09 Å². The Kier molecular flexibility index (Phi) is 4.20. The van der Waals surface area contributed by atoms with Crippen LogP contribution in [0, 0.1) is 5.92 Å². The summed E-state index contributed by atoms with van der Waals surface area (Å²) in [5, 5.41) is 3.16. The summed E-state index contributed by atoms with van der Waals surface area (Å²) in [5.74, 6) is 0.404. The number of amides is 1. The van der Waals surface area contributed by atoms with Gasteiger partial charge in [0.2, 0.25) is 0 Å². The molecule has 1 N–H and O–H groups in total. The van der Waals surface area contributed by atoms with Crippen LogP contribution in [0.15, 0.2) is 0 Å². The molecule has 4 heteroatoms. The highest BCUT2D eigenvalue weighted by atomic mass is 16.6. The van der Waals surface area contributed by atoms with E-state index in [0.717, 1.165) is 19.5 Å². The van der Waals surface area contributed by atoms with Crippen LogP contribution >= 0.6 is 0 Å². The minimum Gasteiger partial charge on any atom is -0.449 e. The molecule has 0 spiro atoms. The van der Waals surface area contributed by atoms with Gasteiger partial charge in [0.05, 0.1) is 6.61 Å². The van der Waals surface area contributed by atoms with E-state index in [1.807, 2.05) is 20.9 Å². The third-order valence-corrected chi connectivity index (χ3v) is 2.39. The fourth-order valence-corrected chi connectivity index (χ4v) is 1.49. The summed E-state index contributed by atoms with van der Waals surface area (Å²) in [6.45, 7) is 6.16. The first-order valence-corrected chi connectivity index (χ1v) is 5.22. The molecule has 0 aromatic heterocycles. The average molecular weight is 200 g/mol. The number of hydrogen-bond acceptors (Lipinski definition) is 3. The van der Waals surface area contributed by atoms with E-state index in [1.165, 1.54) is 0 Å². The van der Waals surface area contributed by atoms with E-state index in [4.69, 9.17) is 4.74 Å². The van der Waals surface area contributed by atoms with Crippen LogP contribution in [0.25, 0.3) is 0 Å². The molecule has 82 valence electrons. The number of likely N-dealkylation sites (N-methyl/N-ethyl adjacent to an activating group) is 1. The van der Waals surface area contributed by atoms with Crippen LogP contribution < -0.4 is 5.32 Å². The third-order valence-electron chi connectivity index (χ3n) is 2.39. The Morgan fingerprint density at radius 2 is 2.36 bits per heavy atom. The summed E-state index contributed by atoms with van der Waals surface area (Å²) in [7, 11) is 1.92. The largest absolute Gasteiger partial charge is 0.449 e. The summed E-state index contributed by atoms with van der Waals surface area (Å²) in [5.41, 5.74) is 0. The molecule has 0 radical (unpaired) electrons. The minimum atomic E-state index is -0.170. The molecule has 1 atom stereocenters. The predicted molar refractivity (Wildman–Crippen MR) is 55.2 cm³/mol. The van der Waals surface area contributed by atoms with Gasteiger partial charge in [-0.05, 0) is 19.4 Å². The molecule has 0 aromatic carbocycles. The lowest BCUT2D eigenvalue weighted by Crippen LogP contribution is -2.34. The van der Waals surface area contributed by atoms with Crippen molar-refractivity contribution < 1.29 is 9.53 Å². The molecule has 1 saturated heterocycles. The average Bonchev–Trinajstić information content (AvgIpc) is 2.62. The molecule has 1 fully saturated rings. The van der Waals surface area contributed by atoms with Gasteiger partial charge in [-0.1, -0.05) is 13.8 Å². The van der Waals surface area contributed by atoms with Gasteiger partial charge >= 0.3 is 6.09 Å². The van der Waals surface area contributed by atoms with Crippen LogP contribution in [0.1, 0.15) is 20.3 Å². The molecule has 0 aliphatic carbocycles. The van der Waals surface area contributed by atoms with Gasteiger partial charge in [0.15, 0.2) is 0 Å². The van der Waals surface area contributed by atoms with Crippen LogP contribution in [0.2, 0.25) is 0 Å². The topological polar surface area (TPSA) is 41.6 Å². The van der Waals surface area contributed by atoms with Crippen molar-refractivity contribution in [2.45, 2.75) is 26.3 Å². The van der Waals surface area contributed by atoms with Crippen molar-refractivity contribution in [1.82, 2.24) is 10.2 Å². The molecular formula is C10H20N2O2. The second-order valence-electron chi connectivity index (χ2n) is 4.19. The molecule has 1 aliphatic rings. The van der Waals surface area contributed by atoms with Gasteiger partial charge in [-0.2, -0.15) is 0 Å². The van der Waals surface area contributed by atoms with E-state index in [9.17, 15) is 4.79 Å². The Labute approximate surface area is 85.6 Å². The zero-order valence-corrected chi connectivity index (χ0v) is 9.25. The standard InChI is InChI=1S/C10H20N2O2/c1-8(2)7-14-10(13)12-5-4-9(6-12)11-3/h8-9,11H,4-7H2,1-3H3. The SMILES string of the molecule is CNC1CCN(C(=O)OCC(C)C)C1. The number of hydrogen-bond donors (Lipinski definition) is 1. The van der Waals surface area contributed by atoms with Crippen LogP contribution in [-0.2, 0) is 4.74 Å². The Balaban J connectivity index is 2.25. The molecular weight excluding hydrogens is 180 g/mol. The first-order chi connectivity index (χ1) is 6.63. The highest BCUT2D eigenvalue weighted by Gasteiger charge is 2.25. The predicted octanol–water partition coefficient (Wildman–Crippen LogP) is 1.07. The van der Waals surface area contributed by atoms with Gasteiger partial charge in [-0.25, -0.2) is 4.79 Å². The maximum Gasteiger partial charge on any atom is 0.409 e. The summed E-state index contributed by atoms with van der Waals surface area (Å²) in [6.07, 6.45) is 0.851. The van der Waals surface area contributed by atoms with Gasteiger partial charge in [-0.3, -0.25) is 0 Å². The zero-order chi connectivity index (χ0) is 10.6. The van der Waals surface area contributed by atoms with Crippen LogP contribution in [0.5, 0.6) is 0 Å². The number of likely N-dealkylation sites (tertiary alicyclic amines) is 1. The van der Waals surface area contributed by atoms with Gasteiger partial charge in [0.25, 0.3) is 0 Å². The van der Waals surface area contributed by atoms with Gasteiger partial charge in [0, 0.05) is 19.1 Å². The quantitative estimate of drug-likeness (QED) is 0.741. The second-order valence-corrected chi connectivity index (χ2v) is 4.19. The monoisotopic (exact) mass is 200 g/mol. The third kappa shape index (κ3) is 3.18. The lowest BCUT2D eigenvalue weighted by Gasteiger charge is -2.17. The Hall–Kier alpha value is -0.770. The number of nitrogens with zero attached hydrogens (tertiary/aromatic N) is 1. The van der Waals surface area contributed by atoms with Crippen molar-refractivity contribution in [2.75, 3.05) is 26.7 Å². The van der Waals surface area contributed by atoms with Crippen LogP contribution in [0.3, 0.4) is 0 Å². The highest BCUT2D eigenvalue weighted by Crippen LogP contribution is 2.10. The number of carbonyl (C=O) groups excluding carboxylic acids is 1. The molecule has 0 bridgehead atoms. The Bertz CT molecular complexity index is 195. The number of rotatable bonds is 3. The van der Waals surface area contributed by atoms with Crippen LogP contribution in [-0.4, -0.2) is 43.8 Å². The van der Waals surface area contributed by atoms with Gasteiger partial charge < -0.3 is 15.0 Å². The van der Waals surface area contributed by atoms with E-state index in [0.29, 0.717) is 18.6 Å². The van der Waals surface area contributed by atoms with Crippen molar-refractivity contribution in [3.63, 3.8) is 0 Å². The fourth-order valence-electron chi connectivity index (χ4n) is 1.49. The Morgan fingerprint density at radius 3 is 2.86 bits per heavy atom. The molecule has 1 aliphatic heterocycles. The lowest BCUT2D eigenvalue weighted by molar-refractivity contribution is 0.0989. The summed E-state index contributed by atoms with van der Waals surface area (Å²) >= 11 is 0. The van der Waals surface area contributed by atoms with Crippen LogP contribution in [0.4, 0.5) is 4.79 Å². The smallest absolute Gasteiger partial charge is 0.409 e. The zero-order valence-electron chi connectivity index (χ0n) is 9.25. The van der Waals surface area contributed by atoms with E-state index in [-0.39, 0.29) is 6.09 Å². The van der Waals surface area contributed by atoms with E-state index in [1.54, 1.807) is 4.90 Å². The van der Waals surface area contributed by atoms with Gasteiger partial charge in [-0.15, -0.1) is 0 Å². The number of carbonyl (C=O) groups is 1. The van der Waals surface area contributed by atoms with E-state index >= 15 is 0 Å². The molecule has 1 amide bonds. The summed E-state index contributed by atoms with van der Waals surface area (Å²) < 4.78 is 5.14. The maximum absolute atomic E-state index is 11.5. The molecule has 4 nitrogen and oxygen atoms in total.